The van der Waals surface area contributed by atoms with Crippen LogP contribution in [0.5, 0.6) is 11.5 Å². The van der Waals surface area contributed by atoms with Crippen molar-refractivity contribution in [3.8, 4) is 11.5 Å². The molecule has 27 heavy (non-hydrogen) atoms. The Morgan fingerprint density at radius 1 is 1.15 bits per heavy atom. The number of likely N-dealkylation sites (tertiary alicyclic amines) is 1. The summed E-state index contributed by atoms with van der Waals surface area (Å²) >= 11 is 0. The van der Waals surface area contributed by atoms with E-state index in [-0.39, 0.29) is 11.9 Å². The number of carbonyl (C=O) groups is 1. The number of carbonyl (C=O) groups excluding carboxylic acids is 1. The van der Waals surface area contributed by atoms with E-state index in [0.29, 0.717) is 6.54 Å². The molecule has 1 atom stereocenters. The Bertz CT molecular complexity index is 819. The van der Waals surface area contributed by atoms with Gasteiger partial charge in [0.15, 0.2) is 0 Å². The highest BCUT2D eigenvalue weighted by Crippen LogP contribution is 2.38. The average Bonchev–Trinajstić information content (AvgIpc) is 3.11. The first-order valence-electron chi connectivity index (χ1n) is 9.35. The molecule has 2 aromatic carbocycles. The van der Waals surface area contributed by atoms with Crippen molar-refractivity contribution >= 4 is 11.6 Å². The number of methoxy groups -OCH3 is 2. The van der Waals surface area contributed by atoms with Crippen molar-refractivity contribution < 1.29 is 14.3 Å². The molecule has 1 saturated heterocycles. The van der Waals surface area contributed by atoms with Crippen LogP contribution in [0.2, 0.25) is 0 Å². The van der Waals surface area contributed by atoms with Crippen LogP contribution >= 0.6 is 0 Å². The first-order chi connectivity index (χ1) is 13.0. The van der Waals surface area contributed by atoms with Gasteiger partial charge in [-0.15, -0.1) is 0 Å². The van der Waals surface area contributed by atoms with E-state index in [0.717, 1.165) is 53.3 Å². The molecule has 1 heterocycles. The summed E-state index contributed by atoms with van der Waals surface area (Å²) < 4.78 is 10.9. The Balaban J connectivity index is 1.73. The zero-order valence-corrected chi connectivity index (χ0v) is 16.5. The summed E-state index contributed by atoms with van der Waals surface area (Å²) in [6, 6.07) is 12.2. The van der Waals surface area contributed by atoms with E-state index < -0.39 is 0 Å². The summed E-state index contributed by atoms with van der Waals surface area (Å²) in [5, 5.41) is 3.06. The van der Waals surface area contributed by atoms with Gasteiger partial charge in [-0.25, -0.2) is 0 Å². The van der Waals surface area contributed by atoms with Crippen LogP contribution in [-0.4, -0.2) is 38.1 Å². The molecule has 1 aliphatic rings. The summed E-state index contributed by atoms with van der Waals surface area (Å²) in [6.07, 6.45) is 2.08. The second kappa shape index (κ2) is 8.44. The molecule has 3 rings (SSSR count). The molecule has 0 radical (unpaired) electrons. The summed E-state index contributed by atoms with van der Waals surface area (Å²) in [5.41, 5.74) is 4.20. The molecule has 1 aliphatic heterocycles. The minimum atomic E-state index is 0.0167. The van der Waals surface area contributed by atoms with Crippen molar-refractivity contribution in [3.05, 3.63) is 53.1 Å². The van der Waals surface area contributed by atoms with Crippen LogP contribution in [0.4, 0.5) is 5.69 Å². The molecule has 1 amide bonds. The standard InChI is InChI=1S/C22H28N2O3/c1-15-7-8-16(2)19(12-15)23-22(25)14-24-11-5-6-20(24)18-10-9-17(26-3)13-21(18)27-4/h7-10,12-13,20H,5-6,11,14H2,1-4H3,(H,23,25). The summed E-state index contributed by atoms with van der Waals surface area (Å²) in [6.45, 7) is 5.31. The van der Waals surface area contributed by atoms with Crippen LogP contribution in [0.25, 0.3) is 0 Å². The lowest BCUT2D eigenvalue weighted by atomic mass is 10.0. The third-order valence-electron chi connectivity index (χ3n) is 5.18. The Hall–Kier alpha value is -2.53. The van der Waals surface area contributed by atoms with Crippen molar-refractivity contribution in [2.24, 2.45) is 0 Å². The van der Waals surface area contributed by atoms with Gasteiger partial charge in [0.2, 0.25) is 5.91 Å². The van der Waals surface area contributed by atoms with E-state index in [1.165, 1.54) is 0 Å². The Morgan fingerprint density at radius 3 is 2.70 bits per heavy atom. The molecule has 1 unspecified atom stereocenters. The SMILES string of the molecule is COc1ccc(C2CCCN2CC(=O)Nc2cc(C)ccc2C)c(OC)c1. The van der Waals surface area contributed by atoms with E-state index in [4.69, 9.17) is 9.47 Å². The molecule has 144 valence electrons. The van der Waals surface area contributed by atoms with Gasteiger partial charge in [0.05, 0.1) is 20.8 Å². The van der Waals surface area contributed by atoms with E-state index in [9.17, 15) is 4.79 Å². The van der Waals surface area contributed by atoms with E-state index in [2.05, 4.69) is 16.3 Å². The molecule has 1 fully saturated rings. The normalized spacial score (nSPS) is 17.0. The van der Waals surface area contributed by atoms with E-state index in [1.807, 2.05) is 44.2 Å². The second-order valence-electron chi connectivity index (χ2n) is 7.10. The maximum absolute atomic E-state index is 12.7. The second-order valence-corrected chi connectivity index (χ2v) is 7.10. The van der Waals surface area contributed by atoms with Gasteiger partial charge < -0.3 is 14.8 Å². The lowest BCUT2D eigenvalue weighted by Crippen LogP contribution is -2.33. The number of rotatable bonds is 6. The van der Waals surface area contributed by atoms with Crippen LogP contribution in [0.1, 0.15) is 35.6 Å². The predicted octanol–water partition coefficient (Wildman–Crippen LogP) is 4.10. The largest absolute Gasteiger partial charge is 0.497 e. The number of ether oxygens (including phenoxy) is 2. The van der Waals surface area contributed by atoms with Crippen LogP contribution in [0, 0.1) is 13.8 Å². The number of benzene rings is 2. The Kier molecular flexibility index (Phi) is 6.01. The lowest BCUT2D eigenvalue weighted by molar-refractivity contribution is -0.117. The third kappa shape index (κ3) is 4.42. The average molecular weight is 368 g/mol. The Labute approximate surface area is 161 Å². The van der Waals surface area contributed by atoms with Gasteiger partial charge in [-0.3, -0.25) is 9.69 Å². The molecule has 2 aromatic rings. The molecule has 0 bridgehead atoms. The van der Waals surface area contributed by atoms with Crippen molar-refractivity contribution in [3.63, 3.8) is 0 Å². The lowest BCUT2D eigenvalue weighted by Gasteiger charge is -2.26. The van der Waals surface area contributed by atoms with E-state index in [1.54, 1.807) is 14.2 Å². The summed E-state index contributed by atoms with van der Waals surface area (Å²) in [4.78, 5) is 14.9. The quantitative estimate of drug-likeness (QED) is 0.834. The fourth-order valence-corrected chi connectivity index (χ4v) is 3.71. The molecule has 0 aliphatic carbocycles. The smallest absolute Gasteiger partial charge is 0.238 e. The zero-order chi connectivity index (χ0) is 19.4. The third-order valence-corrected chi connectivity index (χ3v) is 5.18. The number of amides is 1. The van der Waals surface area contributed by atoms with Gasteiger partial charge in [-0.05, 0) is 56.5 Å². The fraction of sp³-hybridized carbons (Fsp3) is 0.409. The zero-order valence-electron chi connectivity index (χ0n) is 16.5. The highest BCUT2D eigenvalue weighted by atomic mass is 16.5. The molecule has 0 saturated carbocycles. The summed E-state index contributed by atoms with van der Waals surface area (Å²) in [5.74, 6) is 1.59. The monoisotopic (exact) mass is 368 g/mol. The minimum Gasteiger partial charge on any atom is -0.497 e. The van der Waals surface area contributed by atoms with Crippen LogP contribution in [0.3, 0.4) is 0 Å². The summed E-state index contributed by atoms with van der Waals surface area (Å²) in [7, 11) is 3.32. The van der Waals surface area contributed by atoms with Crippen molar-refractivity contribution in [2.45, 2.75) is 32.7 Å². The number of hydrogen-bond acceptors (Lipinski definition) is 4. The predicted molar refractivity (Wildman–Crippen MR) is 108 cm³/mol. The maximum Gasteiger partial charge on any atom is 0.238 e. The minimum absolute atomic E-state index is 0.0167. The number of aryl methyl sites for hydroxylation is 2. The highest BCUT2D eigenvalue weighted by molar-refractivity contribution is 5.93. The molecular formula is C22H28N2O3. The molecule has 0 aromatic heterocycles. The molecule has 5 nitrogen and oxygen atoms in total. The van der Waals surface area contributed by atoms with Gasteiger partial charge in [0, 0.05) is 23.4 Å². The topological polar surface area (TPSA) is 50.8 Å². The number of nitrogens with zero attached hydrogens (tertiary/aromatic N) is 1. The van der Waals surface area contributed by atoms with Crippen LogP contribution in [-0.2, 0) is 4.79 Å². The maximum atomic E-state index is 12.7. The first kappa shape index (κ1) is 19.2. The number of anilines is 1. The van der Waals surface area contributed by atoms with Gasteiger partial charge >= 0.3 is 0 Å². The number of nitrogens with one attached hydrogen (secondary N) is 1. The van der Waals surface area contributed by atoms with Crippen molar-refractivity contribution in [1.82, 2.24) is 4.90 Å². The van der Waals surface area contributed by atoms with Gasteiger partial charge in [-0.2, -0.15) is 0 Å². The number of hydrogen-bond donors (Lipinski definition) is 1. The van der Waals surface area contributed by atoms with Crippen LogP contribution in [0.15, 0.2) is 36.4 Å². The van der Waals surface area contributed by atoms with Gasteiger partial charge in [0.25, 0.3) is 0 Å². The fourth-order valence-electron chi connectivity index (χ4n) is 3.71. The first-order valence-corrected chi connectivity index (χ1v) is 9.35. The molecule has 1 N–H and O–H groups in total. The van der Waals surface area contributed by atoms with Gasteiger partial charge in [0.1, 0.15) is 11.5 Å². The highest BCUT2D eigenvalue weighted by Gasteiger charge is 2.30. The van der Waals surface area contributed by atoms with Crippen LogP contribution < -0.4 is 14.8 Å². The van der Waals surface area contributed by atoms with Crippen molar-refractivity contribution in [1.29, 1.82) is 0 Å². The molecule has 0 spiro atoms. The molecular weight excluding hydrogens is 340 g/mol. The Morgan fingerprint density at radius 2 is 1.96 bits per heavy atom. The van der Waals surface area contributed by atoms with E-state index >= 15 is 0 Å². The molecule has 5 heteroatoms. The van der Waals surface area contributed by atoms with Gasteiger partial charge in [-0.1, -0.05) is 18.2 Å². The van der Waals surface area contributed by atoms with Crippen molar-refractivity contribution in [2.75, 3.05) is 32.6 Å².